The van der Waals surface area contributed by atoms with Crippen LogP contribution in [0.4, 0.5) is 0 Å². The molecule has 1 aromatic rings. The average Bonchev–Trinajstić information content (AvgIpc) is 2.46. The number of benzene rings is 1. The second-order valence-corrected chi connectivity index (χ2v) is 5.54. The highest BCUT2D eigenvalue weighted by molar-refractivity contribution is 9.18. The number of halogens is 1. The van der Waals surface area contributed by atoms with E-state index in [4.69, 9.17) is 0 Å². The first-order valence-corrected chi connectivity index (χ1v) is 7.37. The summed E-state index contributed by atoms with van der Waals surface area (Å²) in [6, 6.07) is 9.82. The number of amides is 1. The smallest absolute Gasteiger partial charge is 0.244 e. The van der Waals surface area contributed by atoms with Gasteiger partial charge in [0.2, 0.25) is 5.91 Å². The fraction of sp³-hybridized carbons (Fsp3) is 0.250. The van der Waals surface area contributed by atoms with Gasteiger partial charge >= 0.3 is 0 Å². The molecule has 1 aliphatic heterocycles. The van der Waals surface area contributed by atoms with Crippen molar-refractivity contribution in [3.05, 3.63) is 60.2 Å². The summed E-state index contributed by atoms with van der Waals surface area (Å²) in [5.74, 6) is -0.105. The minimum Gasteiger partial charge on any atom is -0.346 e. The van der Waals surface area contributed by atoms with Crippen molar-refractivity contribution < 1.29 is 4.79 Å². The van der Waals surface area contributed by atoms with Crippen LogP contribution in [-0.4, -0.2) is 16.6 Å². The third kappa shape index (κ3) is 4.46. The lowest BCUT2D eigenvalue weighted by molar-refractivity contribution is -0.117. The zero-order valence-electron chi connectivity index (χ0n) is 11.3. The van der Waals surface area contributed by atoms with E-state index >= 15 is 0 Å². The van der Waals surface area contributed by atoms with Crippen LogP contribution in [0.5, 0.6) is 0 Å². The van der Waals surface area contributed by atoms with E-state index < -0.39 is 0 Å². The van der Waals surface area contributed by atoms with Crippen LogP contribution in [0.2, 0.25) is 0 Å². The number of hydrogen-bond donors (Lipinski definition) is 1. The fourth-order valence-electron chi connectivity index (χ4n) is 1.94. The summed E-state index contributed by atoms with van der Waals surface area (Å²) in [4.78, 5) is 16.2. The molecule has 1 N–H and O–H groups in total. The summed E-state index contributed by atoms with van der Waals surface area (Å²) in [5.41, 5.74) is 1.09. The Morgan fingerprint density at radius 2 is 2.20 bits per heavy atom. The highest BCUT2D eigenvalue weighted by atomic mass is 79.9. The molecule has 0 fully saturated rings. The number of hydrogen-bond acceptors (Lipinski definition) is 2. The van der Waals surface area contributed by atoms with Crippen molar-refractivity contribution >= 4 is 26.5 Å². The predicted molar refractivity (Wildman–Crippen MR) is 86.0 cm³/mol. The minimum absolute atomic E-state index is 0.00881. The van der Waals surface area contributed by atoms with Crippen molar-refractivity contribution in [1.29, 1.82) is 0 Å². The zero-order chi connectivity index (χ0) is 14.4. The largest absolute Gasteiger partial charge is 0.346 e. The van der Waals surface area contributed by atoms with Gasteiger partial charge in [0.1, 0.15) is 0 Å². The van der Waals surface area contributed by atoms with E-state index in [0.29, 0.717) is 0 Å². The number of aliphatic imine (C=N–C) groups is 1. The van der Waals surface area contributed by atoms with E-state index in [-0.39, 0.29) is 18.0 Å². The Morgan fingerprint density at radius 1 is 1.45 bits per heavy atom. The number of nitrogens with one attached hydrogen (secondary N) is 1. The maximum Gasteiger partial charge on any atom is 0.244 e. The number of carbonyl (C=O) groups is 1. The minimum atomic E-state index is -0.105. The number of carbonyl (C=O) groups excluding carboxylic acids is 1. The first-order valence-electron chi connectivity index (χ1n) is 6.57. The number of dihydropyridines is 1. The van der Waals surface area contributed by atoms with Crippen LogP contribution in [0.3, 0.4) is 0 Å². The van der Waals surface area contributed by atoms with Crippen molar-refractivity contribution in [2.75, 3.05) is 0 Å². The van der Waals surface area contributed by atoms with Crippen molar-refractivity contribution in [3.63, 3.8) is 0 Å². The van der Waals surface area contributed by atoms with Gasteiger partial charge in [0.15, 0.2) is 0 Å². The van der Waals surface area contributed by atoms with Gasteiger partial charge in [-0.25, -0.2) is 0 Å². The van der Waals surface area contributed by atoms with Crippen LogP contribution in [0.25, 0.3) is 0 Å². The van der Waals surface area contributed by atoms with Crippen molar-refractivity contribution in [3.8, 4) is 0 Å². The molecule has 2 atom stereocenters. The molecule has 1 heterocycles. The molecule has 2 unspecified atom stereocenters. The van der Waals surface area contributed by atoms with Gasteiger partial charge in [-0.3, -0.25) is 9.79 Å². The van der Waals surface area contributed by atoms with Crippen LogP contribution in [0.15, 0.2) is 59.6 Å². The van der Waals surface area contributed by atoms with Crippen molar-refractivity contribution in [2.24, 2.45) is 4.99 Å². The van der Waals surface area contributed by atoms with E-state index in [2.05, 4.69) is 26.2 Å². The average molecular weight is 333 g/mol. The molecule has 1 amide bonds. The molecule has 20 heavy (non-hydrogen) atoms. The molecular weight excluding hydrogens is 316 g/mol. The predicted octanol–water partition coefficient (Wildman–Crippen LogP) is 3.54. The molecular formula is C16H17BrN2O. The summed E-state index contributed by atoms with van der Waals surface area (Å²) in [5, 5.41) is 2.94. The molecule has 1 aromatic carbocycles. The second kappa shape index (κ2) is 7.20. The van der Waals surface area contributed by atoms with E-state index in [1.54, 1.807) is 12.2 Å². The monoisotopic (exact) mass is 332 g/mol. The quantitative estimate of drug-likeness (QED) is 0.665. The maximum atomic E-state index is 11.9. The Hall–Kier alpha value is -1.68. The van der Waals surface area contributed by atoms with E-state index in [9.17, 15) is 4.79 Å². The molecule has 0 aromatic heterocycles. The summed E-state index contributed by atoms with van der Waals surface area (Å²) in [6.07, 6.45) is 8.18. The Kier molecular flexibility index (Phi) is 5.30. The fourth-order valence-corrected chi connectivity index (χ4v) is 2.37. The third-order valence-corrected chi connectivity index (χ3v) is 3.54. The molecule has 0 aliphatic carbocycles. The van der Waals surface area contributed by atoms with Crippen LogP contribution in [-0.2, 0) is 4.79 Å². The molecule has 104 valence electrons. The Labute approximate surface area is 127 Å². The van der Waals surface area contributed by atoms with Gasteiger partial charge in [0, 0.05) is 12.5 Å². The molecule has 0 saturated heterocycles. The zero-order valence-corrected chi connectivity index (χ0v) is 12.9. The van der Waals surface area contributed by atoms with Gasteiger partial charge in [-0.2, -0.15) is 0 Å². The topological polar surface area (TPSA) is 41.5 Å². The Bertz CT molecular complexity index is 549. The SMILES string of the molecule is CC(NC(=O)C=CC1C=CCC(Br)=N1)c1ccccc1. The first kappa shape index (κ1) is 14.7. The van der Waals surface area contributed by atoms with Gasteiger partial charge < -0.3 is 5.32 Å². The van der Waals surface area contributed by atoms with Crippen LogP contribution in [0.1, 0.15) is 24.9 Å². The van der Waals surface area contributed by atoms with E-state index in [0.717, 1.165) is 16.6 Å². The molecule has 0 bridgehead atoms. The first-order chi connectivity index (χ1) is 9.65. The molecule has 1 aliphatic rings. The maximum absolute atomic E-state index is 11.9. The van der Waals surface area contributed by atoms with E-state index in [1.165, 1.54) is 0 Å². The Morgan fingerprint density at radius 3 is 2.90 bits per heavy atom. The standard InChI is InChI=1S/C16H17BrN2O/c1-12(13-6-3-2-4-7-13)18-16(20)11-10-14-8-5-9-15(17)19-14/h2-8,10-12,14H,9H2,1H3,(H,18,20). The van der Waals surface area contributed by atoms with Gasteiger partial charge in [0.05, 0.1) is 16.7 Å². The Balaban J connectivity index is 1.89. The lowest BCUT2D eigenvalue weighted by Crippen LogP contribution is -2.24. The van der Waals surface area contributed by atoms with Crippen LogP contribution >= 0.6 is 15.9 Å². The summed E-state index contributed by atoms with van der Waals surface area (Å²) >= 11 is 3.37. The van der Waals surface area contributed by atoms with Gasteiger partial charge in [-0.15, -0.1) is 0 Å². The van der Waals surface area contributed by atoms with Crippen molar-refractivity contribution in [2.45, 2.75) is 25.4 Å². The molecule has 0 spiro atoms. The number of rotatable bonds is 4. The van der Waals surface area contributed by atoms with Gasteiger partial charge in [-0.1, -0.05) is 48.6 Å². The van der Waals surface area contributed by atoms with Crippen LogP contribution in [0, 0.1) is 0 Å². The number of nitrogens with zero attached hydrogens (tertiary/aromatic N) is 1. The van der Waals surface area contributed by atoms with E-state index in [1.807, 2.05) is 49.4 Å². The molecule has 0 radical (unpaired) electrons. The highest BCUT2D eigenvalue weighted by Gasteiger charge is 2.08. The van der Waals surface area contributed by atoms with Crippen molar-refractivity contribution in [1.82, 2.24) is 5.32 Å². The molecule has 0 saturated carbocycles. The lowest BCUT2D eigenvalue weighted by Gasteiger charge is -2.13. The van der Waals surface area contributed by atoms with Gasteiger partial charge in [0.25, 0.3) is 0 Å². The molecule has 2 rings (SSSR count). The summed E-state index contributed by atoms with van der Waals surface area (Å²) in [6.45, 7) is 1.97. The lowest BCUT2D eigenvalue weighted by atomic mass is 10.1. The third-order valence-electron chi connectivity index (χ3n) is 3.01. The van der Waals surface area contributed by atoms with Gasteiger partial charge in [-0.05, 0) is 28.4 Å². The highest BCUT2D eigenvalue weighted by Crippen LogP contribution is 2.12. The normalized spacial score (nSPS) is 19.7. The molecule has 4 heteroatoms. The summed E-state index contributed by atoms with van der Waals surface area (Å²) < 4.78 is 0.910. The van der Waals surface area contributed by atoms with Crippen LogP contribution < -0.4 is 5.32 Å². The second-order valence-electron chi connectivity index (χ2n) is 4.63. The molecule has 3 nitrogen and oxygen atoms in total. The summed E-state index contributed by atoms with van der Waals surface area (Å²) in [7, 11) is 0. The number of allylic oxidation sites excluding steroid dienone is 1.